The highest BCUT2D eigenvalue weighted by Crippen LogP contribution is 2.19. The summed E-state index contributed by atoms with van der Waals surface area (Å²) in [5.41, 5.74) is 0. The summed E-state index contributed by atoms with van der Waals surface area (Å²) in [5, 5.41) is 0.237. The predicted octanol–water partition coefficient (Wildman–Crippen LogP) is 1.16. The molecule has 1 rings (SSSR count). The molecule has 0 aliphatic heterocycles. The van der Waals surface area contributed by atoms with Crippen LogP contribution in [0.1, 0.15) is 0 Å². The fourth-order valence-electron chi connectivity index (χ4n) is 0.782. The van der Waals surface area contributed by atoms with Gasteiger partial charge in [-0.15, -0.1) is 0 Å². The van der Waals surface area contributed by atoms with Gasteiger partial charge in [0, 0.05) is 12.5 Å². The summed E-state index contributed by atoms with van der Waals surface area (Å²) in [6, 6.07) is 3.30. The van der Waals surface area contributed by atoms with Crippen molar-refractivity contribution in [2.75, 3.05) is 18.6 Å². The first kappa shape index (κ1) is 11.3. The lowest BCUT2D eigenvalue weighted by molar-refractivity contribution is 0.340. The summed E-state index contributed by atoms with van der Waals surface area (Å²) in [5.74, 6) is 0.371. The van der Waals surface area contributed by atoms with Crippen LogP contribution in [0.25, 0.3) is 0 Å². The zero-order chi connectivity index (χ0) is 10.6. The molecule has 0 N–H and O–H groups in total. The van der Waals surface area contributed by atoms with Crippen LogP contribution in [0, 0.1) is 0 Å². The lowest BCUT2D eigenvalue weighted by atomic mass is 10.5. The van der Waals surface area contributed by atoms with Crippen molar-refractivity contribution in [3.8, 4) is 5.75 Å². The largest absolute Gasteiger partial charge is 0.489 e. The van der Waals surface area contributed by atoms with Crippen molar-refractivity contribution in [1.29, 1.82) is 0 Å². The first-order valence-corrected chi connectivity index (χ1v) is 6.34. The van der Waals surface area contributed by atoms with E-state index in [1.54, 1.807) is 12.1 Å². The Balaban J connectivity index is 2.51. The molecule has 1 heterocycles. The van der Waals surface area contributed by atoms with E-state index < -0.39 is 9.84 Å². The van der Waals surface area contributed by atoms with Crippen LogP contribution in [0.3, 0.4) is 0 Å². The lowest BCUT2D eigenvalue weighted by Gasteiger charge is -2.05. The van der Waals surface area contributed by atoms with Crippen LogP contribution in [-0.4, -0.2) is 32.0 Å². The van der Waals surface area contributed by atoms with Crippen LogP contribution >= 0.6 is 11.6 Å². The summed E-state index contributed by atoms with van der Waals surface area (Å²) in [6.45, 7) is 0.0875. The highest BCUT2D eigenvalue weighted by atomic mass is 35.5. The second-order valence-electron chi connectivity index (χ2n) is 2.77. The Kier molecular flexibility index (Phi) is 3.71. The zero-order valence-electron chi connectivity index (χ0n) is 7.60. The molecule has 6 heteroatoms. The molecule has 0 atom stereocenters. The topological polar surface area (TPSA) is 56.3 Å². The molecule has 0 fully saturated rings. The molecule has 0 aliphatic carbocycles. The number of hydrogen-bond donors (Lipinski definition) is 0. The molecule has 78 valence electrons. The van der Waals surface area contributed by atoms with Gasteiger partial charge in [0.2, 0.25) is 0 Å². The fraction of sp³-hybridized carbons (Fsp3) is 0.375. The number of pyridine rings is 1. The molecular weight excluding hydrogens is 226 g/mol. The standard InChI is InChI=1S/C8H10ClNO3S/c1-14(11,12)6-5-13-7-3-2-4-10-8(7)9/h2-4H,5-6H2,1H3. The van der Waals surface area contributed by atoms with Crippen molar-refractivity contribution in [3.05, 3.63) is 23.5 Å². The summed E-state index contributed by atoms with van der Waals surface area (Å²) >= 11 is 5.69. The van der Waals surface area contributed by atoms with Gasteiger partial charge in [0.1, 0.15) is 6.61 Å². The van der Waals surface area contributed by atoms with Gasteiger partial charge in [0.25, 0.3) is 0 Å². The molecule has 0 aromatic carbocycles. The molecule has 0 aliphatic rings. The number of rotatable bonds is 4. The number of ether oxygens (including phenoxy) is 1. The summed E-state index contributed by atoms with van der Waals surface area (Å²) in [6.07, 6.45) is 2.69. The van der Waals surface area contributed by atoms with Crippen LogP contribution in [0.5, 0.6) is 5.75 Å². The molecule has 0 saturated carbocycles. The lowest BCUT2D eigenvalue weighted by Crippen LogP contribution is -2.12. The van der Waals surface area contributed by atoms with Crippen molar-refractivity contribution < 1.29 is 13.2 Å². The van der Waals surface area contributed by atoms with Crippen molar-refractivity contribution >= 4 is 21.4 Å². The molecular formula is C8H10ClNO3S. The quantitative estimate of drug-likeness (QED) is 0.735. The number of aromatic nitrogens is 1. The number of sulfone groups is 1. The van der Waals surface area contributed by atoms with Gasteiger partial charge in [0.05, 0.1) is 5.75 Å². The Morgan fingerprint density at radius 1 is 1.57 bits per heavy atom. The maximum atomic E-state index is 10.8. The minimum absolute atomic E-state index is 0.0295. The van der Waals surface area contributed by atoms with Crippen LogP contribution in [0.15, 0.2) is 18.3 Å². The van der Waals surface area contributed by atoms with Crippen molar-refractivity contribution in [3.63, 3.8) is 0 Å². The number of nitrogens with zero attached hydrogens (tertiary/aromatic N) is 1. The van der Waals surface area contributed by atoms with Gasteiger partial charge in [-0.1, -0.05) is 11.6 Å². The predicted molar refractivity (Wildman–Crippen MR) is 54.5 cm³/mol. The summed E-state index contributed by atoms with van der Waals surface area (Å²) in [7, 11) is -3.00. The number of hydrogen-bond acceptors (Lipinski definition) is 4. The fourth-order valence-corrected chi connectivity index (χ4v) is 1.34. The highest BCUT2D eigenvalue weighted by Gasteiger charge is 2.04. The average molecular weight is 236 g/mol. The Bertz CT molecular complexity index is 405. The molecule has 14 heavy (non-hydrogen) atoms. The van der Waals surface area contributed by atoms with E-state index in [4.69, 9.17) is 16.3 Å². The molecule has 4 nitrogen and oxygen atoms in total. The third kappa shape index (κ3) is 3.93. The van der Waals surface area contributed by atoms with E-state index in [0.29, 0.717) is 5.75 Å². The van der Waals surface area contributed by atoms with Crippen molar-refractivity contribution in [2.45, 2.75) is 0 Å². The summed E-state index contributed by atoms with van der Waals surface area (Å²) in [4.78, 5) is 3.79. The first-order valence-electron chi connectivity index (χ1n) is 3.90. The van der Waals surface area contributed by atoms with E-state index in [9.17, 15) is 8.42 Å². The first-order chi connectivity index (χ1) is 6.49. The van der Waals surface area contributed by atoms with E-state index in [2.05, 4.69) is 4.98 Å². The molecule has 0 spiro atoms. The molecule has 0 unspecified atom stereocenters. The Hall–Kier alpha value is -0.810. The second kappa shape index (κ2) is 4.61. The van der Waals surface area contributed by atoms with Crippen LogP contribution in [-0.2, 0) is 9.84 Å². The molecule has 0 amide bonds. The SMILES string of the molecule is CS(=O)(=O)CCOc1cccnc1Cl. The smallest absolute Gasteiger partial charge is 0.171 e. The zero-order valence-corrected chi connectivity index (χ0v) is 9.18. The third-order valence-electron chi connectivity index (χ3n) is 1.44. The van der Waals surface area contributed by atoms with E-state index in [1.807, 2.05) is 0 Å². The van der Waals surface area contributed by atoms with Crippen LogP contribution < -0.4 is 4.74 Å². The van der Waals surface area contributed by atoms with E-state index >= 15 is 0 Å². The van der Waals surface area contributed by atoms with Gasteiger partial charge in [-0.3, -0.25) is 0 Å². The Labute approximate surface area is 87.8 Å². The summed E-state index contributed by atoms with van der Waals surface area (Å²) < 4.78 is 26.7. The van der Waals surface area contributed by atoms with Gasteiger partial charge >= 0.3 is 0 Å². The molecule has 1 aromatic heterocycles. The van der Waals surface area contributed by atoms with Crippen LogP contribution in [0.2, 0.25) is 5.15 Å². The molecule has 0 saturated heterocycles. The van der Waals surface area contributed by atoms with Crippen LogP contribution in [0.4, 0.5) is 0 Å². The molecule has 0 bridgehead atoms. The Morgan fingerprint density at radius 2 is 2.29 bits per heavy atom. The van der Waals surface area contributed by atoms with E-state index in [0.717, 1.165) is 6.26 Å². The number of halogens is 1. The van der Waals surface area contributed by atoms with Crippen molar-refractivity contribution in [1.82, 2.24) is 4.98 Å². The molecule has 0 radical (unpaired) electrons. The maximum Gasteiger partial charge on any atom is 0.171 e. The average Bonchev–Trinajstić information content (AvgIpc) is 2.06. The van der Waals surface area contributed by atoms with Crippen molar-refractivity contribution in [2.24, 2.45) is 0 Å². The van der Waals surface area contributed by atoms with Gasteiger partial charge in [0.15, 0.2) is 20.7 Å². The highest BCUT2D eigenvalue weighted by molar-refractivity contribution is 7.90. The van der Waals surface area contributed by atoms with Gasteiger partial charge in [-0.2, -0.15) is 0 Å². The monoisotopic (exact) mass is 235 g/mol. The Morgan fingerprint density at radius 3 is 2.86 bits per heavy atom. The van der Waals surface area contributed by atoms with E-state index in [1.165, 1.54) is 6.20 Å². The van der Waals surface area contributed by atoms with E-state index in [-0.39, 0.29) is 17.5 Å². The maximum absolute atomic E-state index is 10.8. The van der Waals surface area contributed by atoms with Gasteiger partial charge in [-0.25, -0.2) is 13.4 Å². The normalized spacial score (nSPS) is 11.3. The van der Waals surface area contributed by atoms with Gasteiger partial charge < -0.3 is 4.74 Å². The third-order valence-corrected chi connectivity index (χ3v) is 2.63. The minimum Gasteiger partial charge on any atom is -0.489 e. The molecule has 1 aromatic rings. The van der Waals surface area contributed by atoms with Gasteiger partial charge in [-0.05, 0) is 12.1 Å². The second-order valence-corrected chi connectivity index (χ2v) is 5.39. The minimum atomic E-state index is -3.00.